The Morgan fingerprint density at radius 3 is 2.55 bits per heavy atom. The smallest absolute Gasteiger partial charge is 0.119 e. The Kier molecular flexibility index (Phi) is 6.30. The zero-order valence-electron chi connectivity index (χ0n) is 14.6. The standard InChI is InChI=1S/C21H30O/c1-5-6-21(14-20-12-9-17(3)13-18(20)4)22-15-19-10-7-16(2)8-11-19/h5-6,9,12-14,16,19H,7-8,10-11,15H2,1-4H3/b6-5-,21-14+. The van der Waals surface area contributed by atoms with Crippen LogP contribution in [0, 0.1) is 25.7 Å². The maximum Gasteiger partial charge on any atom is 0.119 e. The Hall–Kier alpha value is -1.50. The van der Waals surface area contributed by atoms with Gasteiger partial charge in [0, 0.05) is 0 Å². The first-order valence-corrected chi connectivity index (χ1v) is 8.63. The van der Waals surface area contributed by atoms with Crippen molar-refractivity contribution in [3.63, 3.8) is 0 Å². The molecule has 1 heteroatoms. The third-order valence-electron chi connectivity index (χ3n) is 4.68. The van der Waals surface area contributed by atoms with E-state index < -0.39 is 0 Å². The Labute approximate surface area is 136 Å². The van der Waals surface area contributed by atoms with E-state index in [-0.39, 0.29) is 0 Å². The fourth-order valence-corrected chi connectivity index (χ4v) is 3.15. The molecular formula is C21H30O. The summed E-state index contributed by atoms with van der Waals surface area (Å²) < 4.78 is 6.12. The first-order chi connectivity index (χ1) is 10.6. The van der Waals surface area contributed by atoms with Crippen LogP contribution in [0.15, 0.2) is 36.1 Å². The highest BCUT2D eigenvalue weighted by Gasteiger charge is 2.18. The van der Waals surface area contributed by atoms with E-state index in [4.69, 9.17) is 4.74 Å². The van der Waals surface area contributed by atoms with Crippen molar-refractivity contribution in [2.75, 3.05) is 6.61 Å². The van der Waals surface area contributed by atoms with Crippen molar-refractivity contribution in [1.82, 2.24) is 0 Å². The molecule has 1 aromatic rings. The van der Waals surface area contributed by atoms with Gasteiger partial charge in [-0.2, -0.15) is 0 Å². The van der Waals surface area contributed by atoms with Gasteiger partial charge < -0.3 is 4.74 Å². The van der Waals surface area contributed by atoms with Crippen LogP contribution in [-0.4, -0.2) is 6.61 Å². The van der Waals surface area contributed by atoms with Crippen molar-refractivity contribution in [1.29, 1.82) is 0 Å². The summed E-state index contributed by atoms with van der Waals surface area (Å²) in [4.78, 5) is 0. The van der Waals surface area contributed by atoms with Gasteiger partial charge in [0.1, 0.15) is 5.76 Å². The molecule has 1 fully saturated rings. The largest absolute Gasteiger partial charge is 0.493 e. The Balaban J connectivity index is 2.01. The van der Waals surface area contributed by atoms with Gasteiger partial charge in [0.25, 0.3) is 0 Å². The lowest BCUT2D eigenvalue weighted by Gasteiger charge is -2.26. The summed E-state index contributed by atoms with van der Waals surface area (Å²) in [5.41, 5.74) is 3.85. The van der Waals surface area contributed by atoms with Gasteiger partial charge >= 0.3 is 0 Å². The number of hydrogen-bond acceptors (Lipinski definition) is 1. The van der Waals surface area contributed by atoms with Crippen molar-refractivity contribution >= 4 is 6.08 Å². The minimum atomic E-state index is 0.726. The van der Waals surface area contributed by atoms with Crippen molar-refractivity contribution in [3.8, 4) is 0 Å². The molecule has 1 aliphatic carbocycles. The van der Waals surface area contributed by atoms with E-state index in [9.17, 15) is 0 Å². The van der Waals surface area contributed by atoms with Gasteiger partial charge in [0.05, 0.1) is 6.61 Å². The molecule has 0 atom stereocenters. The molecule has 2 rings (SSSR count). The van der Waals surface area contributed by atoms with Gasteiger partial charge in [-0.05, 0) is 68.7 Å². The van der Waals surface area contributed by atoms with Crippen molar-refractivity contribution in [2.24, 2.45) is 11.8 Å². The normalized spacial score (nSPS) is 23.0. The summed E-state index contributed by atoms with van der Waals surface area (Å²) in [6.07, 6.45) is 11.6. The predicted molar refractivity (Wildman–Crippen MR) is 95.8 cm³/mol. The summed E-state index contributed by atoms with van der Waals surface area (Å²) in [6.45, 7) is 9.56. The topological polar surface area (TPSA) is 9.23 Å². The Morgan fingerprint density at radius 2 is 1.91 bits per heavy atom. The van der Waals surface area contributed by atoms with E-state index in [1.165, 1.54) is 42.4 Å². The molecule has 0 heterocycles. The zero-order chi connectivity index (χ0) is 15.9. The average Bonchev–Trinajstić information content (AvgIpc) is 2.49. The van der Waals surface area contributed by atoms with E-state index in [1.807, 2.05) is 6.92 Å². The molecule has 0 radical (unpaired) electrons. The summed E-state index contributed by atoms with van der Waals surface area (Å²) in [5, 5.41) is 0. The van der Waals surface area contributed by atoms with Crippen LogP contribution in [0.2, 0.25) is 0 Å². The molecule has 22 heavy (non-hydrogen) atoms. The molecule has 0 aliphatic heterocycles. The molecule has 1 aromatic carbocycles. The van der Waals surface area contributed by atoms with Crippen LogP contribution >= 0.6 is 0 Å². The second-order valence-corrected chi connectivity index (χ2v) is 6.84. The lowest BCUT2D eigenvalue weighted by Crippen LogP contribution is -2.17. The third kappa shape index (κ3) is 5.05. The predicted octanol–water partition coefficient (Wildman–Crippen LogP) is 6.06. The maximum atomic E-state index is 6.12. The van der Waals surface area contributed by atoms with Crippen molar-refractivity contribution in [3.05, 3.63) is 52.8 Å². The SMILES string of the molecule is C/C=C\C(=C/c1ccc(C)cc1C)OCC1CCC(C)CC1. The van der Waals surface area contributed by atoms with Crippen LogP contribution in [0.1, 0.15) is 56.2 Å². The second-order valence-electron chi connectivity index (χ2n) is 6.84. The van der Waals surface area contributed by atoms with Crippen LogP contribution in [0.25, 0.3) is 6.08 Å². The maximum absolute atomic E-state index is 6.12. The van der Waals surface area contributed by atoms with Gasteiger partial charge in [-0.15, -0.1) is 0 Å². The molecule has 0 unspecified atom stereocenters. The minimum Gasteiger partial charge on any atom is -0.493 e. The number of hydrogen-bond donors (Lipinski definition) is 0. The van der Waals surface area contributed by atoms with E-state index in [2.05, 4.69) is 57.2 Å². The van der Waals surface area contributed by atoms with E-state index in [0.717, 1.165) is 24.2 Å². The summed E-state index contributed by atoms with van der Waals surface area (Å²) >= 11 is 0. The number of rotatable bonds is 5. The van der Waals surface area contributed by atoms with Gasteiger partial charge in [-0.25, -0.2) is 0 Å². The average molecular weight is 298 g/mol. The molecule has 1 aliphatic rings. The molecule has 0 aromatic heterocycles. The number of aryl methyl sites for hydroxylation is 2. The molecule has 120 valence electrons. The van der Waals surface area contributed by atoms with E-state index in [0.29, 0.717) is 0 Å². The quantitative estimate of drug-likeness (QED) is 0.474. The third-order valence-corrected chi connectivity index (χ3v) is 4.68. The highest BCUT2D eigenvalue weighted by Crippen LogP contribution is 2.29. The molecule has 0 bridgehead atoms. The van der Waals surface area contributed by atoms with Gasteiger partial charge in [0.15, 0.2) is 0 Å². The summed E-state index contributed by atoms with van der Waals surface area (Å²) in [6, 6.07) is 6.57. The Morgan fingerprint density at radius 1 is 1.18 bits per heavy atom. The minimum absolute atomic E-state index is 0.726. The van der Waals surface area contributed by atoms with E-state index >= 15 is 0 Å². The molecule has 0 spiro atoms. The fourth-order valence-electron chi connectivity index (χ4n) is 3.15. The summed E-state index contributed by atoms with van der Waals surface area (Å²) in [5.74, 6) is 2.61. The summed E-state index contributed by atoms with van der Waals surface area (Å²) in [7, 11) is 0. The van der Waals surface area contributed by atoms with Crippen LogP contribution < -0.4 is 0 Å². The lowest BCUT2D eigenvalue weighted by atomic mass is 9.83. The highest BCUT2D eigenvalue weighted by molar-refractivity contribution is 5.57. The van der Waals surface area contributed by atoms with Crippen molar-refractivity contribution < 1.29 is 4.74 Å². The molecule has 1 nitrogen and oxygen atoms in total. The molecule has 0 N–H and O–H groups in total. The van der Waals surface area contributed by atoms with Gasteiger partial charge in [-0.1, -0.05) is 49.6 Å². The fraction of sp³-hybridized carbons (Fsp3) is 0.524. The number of allylic oxidation sites excluding steroid dienone is 2. The highest BCUT2D eigenvalue weighted by atomic mass is 16.5. The molecular weight excluding hydrogens is 268 g/mol. The Bertz CT molecular complexity index is 531. The first kappa shape index (κ1) is 16.9. The lowest BCUT2D eigenvalue weighted by molar-refractivity contribution is 0.139. The first-order valence-electron chi connectivity index (χ1n) is 8.63. The van der Waals surface area contributed by atoms with Gasteiger partial charge in [0.2, 0.25) is 0 Å². The zero-order valence-corrected chi connectivity index (χ0v) is 14.6. The van der Waals surface area contributed by atoms with E-state index in [1.54, 1.807) is 0 Å². The molecule has 0 amide bonds. The number of benzene rings is 1. The molecule has 0 saturated heterocycles. The van der Waals surface area contributed by atoms with Crippen LogP contribution in [0.4, 0.5) is 0 Å². The van der Waals surface area contributed by atoms with Crippen LogP contribution in [0.3, 0.4) is 0 Å². The van der Waals surface area contributed by atoms with Gasteiger partial charge in [-0.3, -0.25) is 0 Å². The monoisotopic (exact) mass is 298 g/mol. The number of ether oxygens (including phenoxy) is 1. The van der Waals surface area contributed by atoms with Crippen LogP contribution in [0.5, 0.6) is 0 Å². The van der Waals surface area contributed by atoms with Crippen molar-refractivity contribution in [2.45, 2.75) is 53.4 Å². The van der Waals surface area contributed by atoms with Crippen LogP contribution in [-0.2, 0) is 4.74 Å². The molecule has 1 saturated carbocycles. The second kappa shape index (κ2) is 8.22.